The van der Waals surface area contributed by atoms with Gasteiger partial charge in [0.15, 0.2) is 0 Å². The van der Waals surface area contributed by atoms with Gasteiger partial charge in [-0.1, -0.05) is 12.1 Å². The minimum absolute atomic E-state index is 0. The first-order valence-electron chi connectivity index (χ1n) is 5.54. The minimum Gasteiger partial charge on any atom is -0.326 e. The van der Waals surface area contributed by atoms with Gasteiger partial charge in [0.1, 0.15) is 5.82 Å². The van der Waals surface area contributed by atoms with Crippen LogP contribution in [0.3, 0.4) is 0 Å². The average Bonchev–Trinajstić information content (AvgIpc) is 2.29. The fourth-order valence-corrected chi connectivity index (χ4v) is 3.72. The molecule has 1 saturated heterocycles. The van der Waals surface area contributed by atoms with Crippen molar-refractivity contribution in [1.82, 2.24) is 0 Å². The van der Waals surface area contributed by atoms with Crippen LogP contribution in [0.15, 0.2) is 18.2 Å². The average molecular weight is 295 g/mol. The molecule has 0 saturated carbocycles. The Bertz CT molecular complexity index is 522. The number of halogens is 2. The van der Waals surface area contributed by atoms with Crippen LogP contribution in [0.5, 0.6) is 0 Å². The Morgan fingerprint density at radius 1 is 1.33 bits per heavy atom. The molecule has 4 nitrogen and oxygen atoms in total. The predicted octanol–water partition coefficient (Wildman–Crippen LogP) is 1.64. The molecule has 18 heavy (non-hydrogen) atoms. The highest BCUT2D eigenvalue weighted by atomic mass is 35.5. The van der Waals surface area contributed by atoms with E-state index in [2.05, 4.69) is 0 Å². The van der Waals surface area contributed by atoms with Gasteiger partial charge >= 0.3 is 0 Å². The Labute approximate surface area is 112 Å². The summed E-state index contributed by atoms with van der Waals surface area (Å²) in [4.78, 5) is 0. The first kappa shape index (κ1) is 15.2. The molecule has 1 aliphatic rings. The Kier molecular flexibility index (Phi) is 4.95. The summed E-state index contributed by atoms with van der Waals surface area (Å²) in [5, 5.41) is 0. The third kappa shape index (κ3) is 2.76. The lowest BCUT2D eigenvalue weighted by Gasteiger charge is -2.30. The number of hydrogen-bond acceptors (Lipinski definition) is 3. The molecule has 0 bridgehead atoms. The highest BCUT2D eigenvalue weighted by Gasteiger charge is 2.29. The van der Waals surface area contributed by atoms with E-state index in [1.165, 1.54) is 12.1 Å². The zero-order chi connectivity index (χ0) is 12.5. The maximum atomic E-state index is 13.8. The molecule has 2 N–H and O–H groups in total. The SMILES string of the molecule is Cl.NCc1cccc(F)c1N1CCCCS1(=O)=O. The molecule has 1 aromatic carbocycles. The molecule has 2 rings (SSSR count). The second-order valence-corrected chi connectivity index (χ2v) is 6.06. The summed E-state index contributed by atoms with van der Waals surface area (Å²) in [6, 6.07) is 4.46. The van der Waals surface area contributed by atoms with E-state index in [0.29, 0.717) is 18.5 Å². The summed E-state index contributed by atoms with van der Waals surface area (Å²) in [6.45, 7) is 0.454. The molecular weight excluding hydrogens is 279 g/mol. The van der Waals surface area contributed by atoms with Crippen LogP contribution in [-0.2, 0) is 16.6 Å². The van der Waals surface area contributed by atoms with E-state index >= 15 is 0 Å². The summed E-state index contributed by atoms with van der Waals surface area (Å²) < 4.78 is 38.8. The highest BCUT2D eigenvalue weighted by molar-refractivity contribution is 7.92. The summed E-state index contributed by atoms with van der Waals surface area (Å²) in [5.41, 5.74) is 6.17. The molecule has 1 aliphatic heterocycles. The van der Waals surface area contributed by atoms with Gasteiger partial charge in [-0.3, -0.25) is 4.31 Å². The van der Waals surface area contributed by atoms with E-state index in [1.807, 2.05) is 0 Å². The van der Waals surface area contributed by atoms with Crippen molar-refractivity contribution in [2.45, 2.75) is 19.4 Å². The van der Waals surface area contributed by atoms with Crippen LogP contribution < -0.4 is 10.0 Å². The van der Waals surface area contributed by atoms with Gasteiger partial charge in [0.25, 0.3) is 0 Å². The summed E-state index contributed by atoms with van der Waals surface area (Å²) >= 11 is 0. The van der Waals surface area contributed by atoms with Gasteiger partial charge in [-0.2, -0.15) is 0 Å². The van der Waals surface area contributed by atoms with Crippen molar-refractivity contribution in [1.29, 1.82) is 0 Å². The van der Waals surface area contributed by atoms with Gasteiger partial charge in [-0.25, -0.2) is 12.8 Å². The van der Waals surface area contributed by atoms with Crippen LogP contribution in [-0.4, -0.2) is 20.7 Å². The van der Waals surface area contributed by atoms with Gasteiger partial charge in [0.2, 0.25) is 10.0 Å². The summed E-state index contributed by atoms with van der Waals surface area (Å²) in [5.74, 6) is -0.454. The van der Waals surface area contributed by atoms with Gasteiger partial charge in [-0.05, 0) is 24.5 Å². The molecule has 0 radical (unpaired) electrons. The molecule has 0 aromatic heterocycles. The summed E-state index contributed by atoms with van der Waals surface area (Å²) in [7, 11) is -3.39. The summed E-state index contributed by atoms with van der Waals surface area (Å²) in [6.07, 6.45) is 1.38. The fraction of sp³-hybridized carbons (Fsp3) is 0.455. The number of nitrogens with zero attached hydrogens (tertiary/aromatic N) is 1. The van der Waals surface area contributed by atoms with E-state index in [-0.39, 0.29) is 30.4 Å². The van der Waals surface area contributed by atoms with Crippen LogP contribution in [0.2, 0.25) is 0 Å². The lowest BCUT2D eigenvalue weighted by atomic mass is 10.1. The van der Waals surface area contributed by atoms with Crippen molar-refractivity contribution in [3.63, 3.8) is 0 Å². The van der Waals surface area contributed by atoms with Crippen LogP contribution in [0.4, 0.5) is 10.1 Å². The largest absolute Gasteiger partial charge is 0.326 e. The molecule has 102 valence electrons. The van der Waals surface area contributed by atoms with Crippen molar-refractivity contribution in [3.05, 3.63) is 29.6 Å². The number of anilines is 1. The molecule has 1 fully saturated rings. The highest BCUT2D eigenvalue weighted by Crippen LogP contribution is 2.29. The number of para-hydroxylation sites is 1. The molecule has 0 unspecified atom stereocenters. The number of benzene rings is 1. The lowest BCUT2D eigenvalue weighted by Crippen LogP contribution is -2.39. The standard InChI is InChI=1S/C11H15FN2O2S.ClH/c12-10-5-3-4-9(8-13)11(10)14-6-1-2-7-17(14,15)16;/h3-5H,1-2,6-8,13H2;1H. The van der Waals surface area contributed by atoms with Gasteiger partial charge in [-0.15, -0.1) is 12.4 Å². The number of hydrogen-bond donors (Lipinski definition) is 1. The molecule has 1 aromatic rings. The van der Waals surface area contributed by atoms with Crippen molar-refractivity contribution in [2.24, 2.45) is 5.73 Å². The van der Waals surface area contributed by atoms with Gasteiger partial charge in [0.05, 0.1) is 11.4 Å². The molecule has 0 spiro atoms. The van der Waals surface area contributed by atoms with Crippen LogP contribution in [0, 0.1) is 5.82 Å². The Morgan fingerprint density at radius 3 is 2.67 bits per heavy atom. The minimum atomic E-state index is -3.39. The van der Waals surface area contributed by atoms with Crippen LogP contribution in [0.1, 0.15) is 18.4 Å². The fourth-order valence-electron chi connectivity index (χ4n) is 2.04. The third-order valence-electron chi connectivity index (χ3n) is 2.89. The van der Waals surface area contributed by atoms with Gasteiger partial charge in [0, 0.05) is 13.1 Å². The van der Waals surface area contributed by atoms with Crippen LogP contribution >= 0.6 is 12.4 Å². The first-order chi connectivity index (χ1) is 8.06. The molecule has 0 aliphatic carbocycles. The predicted molar refractivity (Wildman–Crippen MR) is 71.9 cm³/mol. The van der Waals surface area contributed by atoms with E-state index < -0.39 is 15.8 Å². The maximum absolute atomic E-state index is 13.8. The Morgan fingerprint density at radius 2 is 2.06 bits per heavy atom. The van der Waals surface area contributed by atoms with E-state index in [1.54, 1.807) is 6.07 Å². The van der Waals surface area contributed by atoms with E-state index in [9.17, 15) is 12.8 Å². The zero-order valence-electron chi connectivity index (χ0n) is 9.80. The number of rotatable bonds is 2. The normalized spacial score (nSPS) is 18.2. The van der Waals surface area contributed by atoms with Crippen molar-refractivity contribution in [2.75, 3.05) is 16.6 Å². The van der Waals surface area contributed by atoms with E-state index in [0.717, 1.165) is 10.7 Å². The molecule has 7 heteroatoms. The molecular formula is C11H16ClFN2O2S. The zero-order valence-corrected chi connectivity index (χ0v) is 11.4. The van der Waals surface area contributed by atoms with Crippen molar-refractivity contribution in [3.8, 4) is 0 Å². The topological polar surface area (TPSA) is 63.4 Å². The maximum Gasteiger partial charge on any atom is 0.235 e. The Balaban J connectivity index is 0.00000162. The number of nitrogens with two attached hydrogens (primary N) is 1. The monoisotopic (exact) mass is 294 g/mol. The first-order valence-corrected chi connectivity index (χ1v) is 7.15. The van der Waals surface area contributed by atoms with E-state index in [4.69, 9.17) is 5.73 Å². The second-order valence-electron chi connectivity index (χ2n) is 4.05. The molecule has 0 atom stereocenters. The quantitative estimate of drug-likeness (QED) is 0.902. The van der Waals surface area contributed by atoms with Gasteiger partial charge < -0.3 is 5.73 Å². The lowest BCUT2D eigenvalue weighted by molar-refractivity contribution is 0.567. The Hall–Kier alpha value is -0.850. The second kappa shape index (κ2) is 5.86. The van der Waals surface area contributed by atoms with Crippen molar-refractivity contribution >= 4 is 28.1 Å². The van der Waals surface area contributed by atoms with Crippen molar-refractivity contribution < 1.29 is 12.8 Å². The molecule has 1 heterocycles. The van der Waals surface area contributed by atoms with Crippen LogP contribution in [0.25, 0.3) is 0 Å². The molecule has 0 amide bonds. The smallest absolute Gasteiger partial charge is 0.235 e. The third-order valence-corrected chi connectivity index (χ3v) is 4.73. The number of sulfonamides is 1.